The van der Waals surface area contributed by atoms with E-state index < -0.39 is 0 Å². The van der Waals surface area contributed by atoms with E-state index >= 15 is 0 Å². The SMILES string of the molecule is c1ccc(N(c2ccccc2)c2cc3c(cc(N(c4ccccc4)c4ccccc4)c4c5ccc(-c6cc7c8ccccc8n8c7c(c6)c6cc(N(c7ccccc7)c7ccccc7)c7c(c(N(c9ccccc9)c9ccccc9)cc9c%10cccc%11c%12ccccc%12n(c%11%10)c97)c68)c6c7ccccc7n(c34)c56)c3c2c2cccc4c5ccccc5n3c42)cc1. The maximum atomic E-state index is 2.68. The van der Waals surface area contributed by atoms with Crippen molar-refractivity contribution in [1.29, 1.82) is 0 Å². The molecule has 0 saturated carbocycles. The van der Waals surface area contributed by atoms with Crippen LogP contribution >= 0.6 is 0 Å². The molecule has 28 aromatic rings. The summed E-state index contributed by atoms with van der Waals surface area (Å²) in [5.74, 6) is 0. The molecule has 20 aromatic carbocycles. The van der Waals surface area contributed by atoms with Crippen LogP contribution in [0, 0.1) is 0 Å². The molecule has 8 heterocycles. The fourth-order valence-electron chi connectivity index (χ4n) is 22.3. The molecule has 8 aromatic heterocycles. The Labute approximate surface area is 710 Å². The molecule has 28 rings (SSSR count). The predicted molar refractivity (Wildman–Crippen MR) is 524 cm³/mol. The second-order valence-electron chi connectivity index (χ2n) is 33.3. The maximum Gasteiger partial charge on any atom is 0.0643 e. The molecule has 0 radical (unpaired) electrons. The summed E-state index contributed by atoms with van der Waals surface area (Å²) in [7, 11) is 0. The van der Waals surface area contributed by atoms with Crippen molar-refractivity contribution in [2.75, 3.05) is 19.6 Å². The van der Waals surface area contributed by atoms with E-state index in [4.69, 9.17) is 0 Å². The van der Waals surface area contributed by atoms with Gasteiger partial charge in [-0.15, -0.1) is 0 Å². The molecule has 0 spiro atoms. The lowest BCUT2D eigenvalue weighted by Gasteiger charge is -2.31. The molecule has 0 unspecified atom stereocenters. The van der Waals surface area contributed by atoms with E-state index in [2.05, 4.69) is 462 Å². The van der Waals surface area contributed by atoms with Gasteiger partial charge in [0.05, 0.1) is 88.9 Å². The van der Waals surface area contributed by atoms with E-state index in [-0.39, 0.29) is 0 Å². The summed E-state index contributed by atoms with van der Waals surface area (Å²) in [4.78, 5) is 10.1. The fourth-order valence-corrected chi connectivity index (χ4v) is 22.3. The molecular formula is C116H70N8. The Morgan fingerprint density at radius 2 is 0.355 bits per heavy atom. The number of benzene rings is 20. The smallest absolute Gasteiger partial charge is 0.0643 e. The predicted octanol–water partition coefficient (Wildman–Crippen LogP) is 32.1. The Bertz CT molecular complexity index is 9070. The van der Waals surface area contributed by atoms with E-state index in [0.29, 0.717) is 0 Å². The number of hydrogen-bond donors (Lipinski definition) is 0. The topological polar surface area (TPSA) is 30.6 Å². The standard InChI is InChI=1S/C116H70N8/c1-9-35-72(36-10-1)117(73-37-11-2-12-38-73)100-69-95-94(113-105(100)88-58-34-56-85-82-52-26-30-60-97(82)122(113)110(85)88)68-101(118(74-39-13-3-14-40-74)75-41-15-4-16-42-75)106-89-64-63-80(104-87-54-28-32-62-99(87)124(112(89)104)114(95)106)71-65-90-83-53-27-31-61-98(83)123-111(90)91(66-71)93-70-103(120(78-47-21-7-22-48-78)79-49-23-8-24-50-79)107-108(116(93)123)102(119(76-43-17-5-18-44-76)77-45-19-6-20-46-77)67-92-86-57-33-55-84-81-51-25-29-59-96(81)121(109(84)86)115(92)107/h1-70H. The second-order valence-corrected chi connectivity index (χ2v) is 33.3. The van der Waals surface area contributed by atoms with Crippen molar-refractivity contribution >= 4 is 242 Å². The van der Waals surface area contributed by atoms with Crippen LogP contribution < -0.4 is 19.6 Å². The molecule has 0 amide bonds. The van der Waals surface area contributed by atoms with Crippen LogP contribution in [0.4, 0.5) is 68.2 Å². The molecule has 0 atom stereocenters. The summed E-state index contributed by atoms with van der Waals surface area (Å²) in [6.07, 6.45) is 0. The Kier molecular flexibility index (Phi) is 13.8. The fraction of sp³-hybridized carbons (Fsp3) is 0. The minimum Gasteiger partial charge on any atom is -0.310 e. The Hall–Kier alpha value is -16.7. The van der Waals surface area contributed by atoms with Gasteiger partial charge in [-0.1, -0.05) is 267 Å². The van der Waals surface area contributed by atoms with Crippen molar-refractivity contribution in [3.63, 3.8) is 0 Å². The lowest BCUT2D eigenvalue weighted by molar-refractivity contribution is 1.28. The van der Waals surface area contributed by atoms with Gasteiger partial charge in [0.1, 0.15) is 0 Å². The molecule has 0 aliphatic carbocycles. The summed E-state index contributed by atoms with van der Waals surface area (Å²) in [5, 5.41) is 23.7. The summed E-state index contributed by atoms with van der Waals surface area (Å²) < 4.78 is 10.6. The molecule has 8 heteroatoms. The molecule has 574 valence electrons. The monoisotopic (exact) mass is 1570 g/mol. The van der Waals surface area contributed by atoms with E-state index in [9.17, 15) is 0 Å². The quantitative estimate of drug-likeness (QED) is 0.115. The average molecular weight is 1580 g/mol. The van der Waals surface area contributed by atoms with E-state index in [1.807, 2.05) is 0 Å². The molecule has 0 bridgehead atoms. The number of aromatic nitrogens is 4. The van der Waals surface area contributed by atoms with Crippen LogP contribution in [0.1, 0.15) is 0 Å². The first-order valence-electron chi connectivity index (χ1n) is 42.8. The number of fused-ring (bicyclic) bond motifs is 30. The first-order chi connectivity index (χ1) is 61.6. The average Bonchev–Trinajstić information content (AvgIpc) is 1.50. The molecule has 0 aliphatic rings. The highest BCUT2D eigenvalue weighted by Crippen LogP contribution is 2.60. The van der Waals surface area contributed by atoms with Crippen molar-refractivity contribution in [2.24, 2.45) is 0 Å². The number of nitrogens with zero attached hydrogens (tertiary/aromatic N) is 8. The van der Waals surface area contributed by atoms with Crippen LogP contribution in [0.5, 0.6) is 0 Å². The minimum atomic E-state index is 1.06. The third kappa shape index (κ3) is 9.03. The third-order valence-electron chi connectivity index (χ3n) is 27.0. The van der Waals surface area contributed by atoms with Crippen molar-refractivity contribution in [3.8, 4) is 11.1 Å². The van der Waals surface area contributed by atoms with Gasteiger partial charge >= 0.3 is 0 Å². The highest BCUT2D eigenvalue weighted by molar-refractivity contribution is 6.41. The Balaban J connectivity index is 0.818. The van der Waals surface area contributed by atoms with E-state index in [1.54, 1.807) is 0 Å². The van der Waals surface area contributed by atoms with Crippen molar-refractivity contribution in [3.05, 3.63) is 425 Å². The minimum absolute atomic E-state index is 1.06. The van der Waals surface area contributed by atoms with Gasteiger partial charge in [0.2, 0.25) is 0 Å². The summed E-state index contributed by atoms with van der Waals surface area (Å²) in [6, 6.07) is 159. The van der Waals surface area contributed by atoms with Gasteiger partial charge in [0.25, 0.3) is 0 Å². The first-order valence-corrected chi connectivity index (χ1v) is 42.8. The van der Waals surface area contributed by atoms with Gasteiger partial charge < -0.3 is 37.2 Å². The first kappa shape index (κ1) is 67.2. The second kappa shape index (κ2) is 25.4. The Morgan fingerprint density at radius 1 is 0.137 bits per heavy atom. The van der Waals surface area contributed by atoms with E-state index in [1.165, 1.54) is 114 Å². The number of hydrogen-bond acceptors (Lipinski definition) is 4. The van der Waals surface area contributed by atoms with Crippen molar-refractivity contribution in [2.45, 2.75) is 0 Å². The zero-order valence-electron chi connectivity index (χ0n) is 67.0. The summed E-state index contributed by atoms with van der Waals surface area (Å²) in [5.41, 5.74) is 29.2. The highest BCUT2D eigenvalue weighted by Gasteiger charge is 2.36. The van der Waals surface area contributed by atoms with Crippen LogP contribution in [0.25, 0.3) is 185 Å². The number of rotatable bonds is 13. The summed E-state index contributed by atoms with van der Waals surface area (Å²) in [6.45, 7) is 0. The van der Waals surface area contributed by atoms with Gasteiger partial charge in [-0.25, -0.2) is 0 Å². The molecule has 8 nitrogen and oxygen atoms in total. The molecular weight excluding hydrogens is 1510 g/mol. The molecule has 0 fully saturated rings. The molecule has 0 aliphatic heterocycles. The van der Waals surface area contributed by atoms with E-state index in [0.717, 1.165) is 139 Å². The van der Waals surface area contributed by atoms with Crippen LogP contribution in [-0.2, 0) is 0 Å². The lowest BCUT2D eigenvalue weighted by atomic mass is 9.92. The van der Waals surface area contributed by atoms with Gasteiger partial charge in [0.15, 0.2) is 0 Å². The van der Waals surface area contributed by atoms with Gasteiger partial charge in [-0.3, -0.25) is 0 Å². The van der Waals surface area contributed by atoms with Crippen LogP contribution in [0.2, 0.25) is 0 Å². The molecule has 124 heavy (non-hydrogen) atoms. The maximum absolute atomic E-state index is 2.68. The number of para-hydroxylation sites is 14. The number of anilines is 12. The Morgan fingerprint density at radius 3 is 0.718 bits per heavy atom. The highest BCUT2D eigenvalue weighted by atomic mass is 15.2. The van der Waals surface area contributed by atoms with Crippen LogP contribution in [0.3, 0.4) is 0 Å². The normalized spacial score (nSPS) is 12.4. The van der Waals surface area contributed by atoms with Crippen LogP contribution in [0.15, 0.2) is 425 Å². The molecule has 0 saturated heterocycles. The van der Waals surface area contributed by atoms with Crippen molar-refractivity contribution in [1.82, 2.24) is 17.6 Å². The summed E-state index contributed by atoms with van der Waals surface area (Å²) >= 11 is 0. The van der Waals surface area contributed by atoms with Gasteiger partial charge in [-0.2, -0.15) is 0 Å². The largest absolute Gasteiger partial charge is 0.310 e. The third-order valence-corrected chi connectivity index (χ3v) is 27.0. The van der Waals surface area contributed by atoms with Gasteiger partial charge in [-0.05, 0) is 169 Å². The zero-order chi connectivity index (χ0) is 80.7. The van der Waals surface area contributed by atoms with Gasteiger partial charge in [0, 0.05) is 153 Å². The lowest BCUT2D eigenvalue weighted by Crippen LogP contribution is -2.13. The zero-order valence-corrected chi connectivity index (χ0v) is 67.0. The molecule has 0 N–H and O–H groups in total. The van der Waals surface area contributed by atoms with Crippen LogP contribution in [-0.4, -0.2) is 17.6 Å². The van der Waals surface area contributed by atoms with Crippen molar-refractivity contribution < 1.29 is 0 Å².